The van der Waals surface area contributed by atoms with E-state index >= 15 is 0 Å². The van der Waals surface area contributed by atoms with E-state index in [4.69, 9.17) is 5.73 Å². The van der Waals surface area contributed by atoms with Gasteiger partial charge in [0.25, 0.3) is 5.91 Å². The molecule has 2 unspecified atom stereocenters. The molecule has 0 aliphatic carbocycles. The summed E-state index contributed by atoms with van der Waals surface area (Å²) in [5.41, 5.74) is 7.19. The average molecular weight is 323 g/mol. The largest absolute Gasteiger partial charge is 0.366 e. The number of likely N-dealkylation sites (tertiary alicyclic amines) is 1. The van der Waals surface area contributed by atoms with Crippen LogP contribution < -0.4 is 5.73 Å². The van der Waals surface area contributed by atoms with E-state index in [1.807, 2.05) is 11.0 Å². The van der Waals surface area contributed by atoms with Crippen molar-refractivity contribution in [2.75, 3.05) is 13.1 Å². The first kappa shape index (κ1) is 16.2. The maximum atomic E-state index is 12.6. The number of piperidine rings is 1. The molecule has 2 aromatic rings. The molecule has 124 valence electrons. The van der Waals surface area contributed by atoms with Gasteiger partial charge in [-0.1, -0.05) is 37.3 Å². The molecule has 2 amide bonds. The molecule has 2 atom stereocenters. The molecule has 1 aromatic heterocycles. The number of rotatable bonds is 3. The van der Waals surface area contributed by atoms with Crippen molar-refractivity contribution in [3.63, 3.8) is 0 Å². The second-order valence-corrected chi connectivity index (χ2v) is 6.33. The summed E-state index contributed by atoms with van der Waals surface area (Å²) < 4.78 is 0. The van der Waals surface area contributed by atoms with Gasteiger partial charge in [-0.15, -0.1) is 0 Å². The molecule has 0 bridgehead atoms. The lowest BCUT2D eigenvalue weighted by Gasteiger charge is -2.37. The Balaban J connectivity index is 1.69. The number of pyridine rings is 1. The number of nitrogens with zero attached hydrogens (tertiary/aromatic N) is 2. The van der Waals surface area contributed by atoms with E-state index < -0.39 is 5.91 Å². The first-order valence-corrected chi connectivity index (χ1v) is 8.16. The molecule has 1 aliphatic heterocycles. The molecule has 0 spiro atoms. The Bertz CT molecular complexity index is 728. The fraction of sp³-hybridized carbons (Fsp3) is 0.316. The van der Waals surface area contributed by atoms with Crippen molar-refractivity contribution in [1.29, 1.82) is 0 Å². The van der Waals surface area contributed by atoms with Crippen LogP contribution in [0, 0.1) is 5.92 Å². The van der Waals surface area contributed by atoms with Crippen molar-refractivity contribution in [3.8, 4) is 0 Å². The van der Waals surface area contributed by atoms with Gasteiger partial charge in [0.2, 0.25) is 5.91 Å². The van der Waals surface area contributed by atoms with Crippen molar-refractivity contribution in [2.45, 2.75) is 19.3 Å². The molecular formula is C19H21N3O2. The van der Waals surface area contributed by atoms with Crippen LogP contribution in [0.4, 0.5) is 0 Å². The zero-order valence-electron chi connectivity index (χ0n) is 13.7. The molecule has 5 nitrogen and oxygen atoms in total. The van der Waals surface area contributed by atoms with Gasteiger partial charge in [0.15, 0.2) is 0 Å². The molecule has 2 N–H and O–H groups in total. The number of primary amides is 1. The Labute approximate surface area is 141 Å². The number of hydrogen-bond donors (Lipinski definition) is 1. The number of aromatic nitrogens is 1. The number of carbonyl (C=O) groups is 2. The van der Waals surface area contributed by atoms with E-state index in [1.165, 1.54) is 11.8 Å². The van der Waals surface area contributed by atoms with E-state index in [-0.39, 0.29) is 5.91 Å². The summed E-state index contributed by atoms with van der Waals surface area (Å²) in [7, 11) is 0. The van der Waals surface area contributed by atoms with Crippen LogP contribution in [0.15, 0.2) is 48.7 Å². The lowest BCUT2D eigenvalue weighted by molar-refractivity contribution is 0.0654. The van der Waals surface area contributed by atoms with Crippen molar-refractivity contribution in [1.82, 2.24) is 9.88 Å². The highest BCUT2D eigenvalue weighted by Gasteiger charge is 2.30. The summed E-state index contributed by atoms with van der Waals surface area (Å²) in [5, 5.41) is 0. The quantitative estimate of drug-likeness (QED) is 0.942. The zero-order valence-corrected chi connectivity index (χ0v) is 13.7. The van der Waals surface area contributed by atoms with Gasteiger partial charge in [0.05, 0.1) is 5.56 Å². The third-order valence-electron chi connectivity index (χ3n) is 4.69. The fourth-order valence-electron chi connectivity index (χ4n) is 3.35. The van der Waals surface area contributed by atoms with Crippen molar-refractivity contribution < 1.29 is 9.59 Å². The first-order valence-electron chi connectivity index (χ1n) is 8.16. The van der Waals surface area contributed by atoms with Gasteiger partial charge >= 0.3 is 0 Å². The Morgan fingerprint density at radius 1 is 1.17 bits per heavy atom. The van der Waals surface area contributed by atoms with Crippen LogP contribution in [-0.4, -0.2) is 34.8 Å². The molecule has 1 aromatic carbocycles. The molecule has 1 aliphatic rings. The van der Waals surface area contributed by atoms with Gasteiger partial charge < -0.3 is 10.6 Å². The van der Waals surface area contributed by atoms with Crippen LogP contribution >= 0.6 is 0 Å². The van der Waals surface area contributed by atoms with Gasteiger partial charge in [-0.25, -0.2) is 0 Å². The van der Waals surface area contributed by atoms with Crippen molar-refractivity contribution >= 4 is 11.8 Å². The number of nitrogens with two attached hydrogens (primary N) is 1. The zero-order chi connectivity index (χ0) is 17.1. The predicted molar refractivity (Wildman–Crippen MR) is 91.6 cm³/mol. The average Bonchev–Trinajstić information content (AvgIpc) is 2.62. The molecule has 2 heterocycles. The van der Waals surface area contributed by atoms with Crippen LogP contribution in [0.2, 0.25) is 0 Å². The molecule has 3 rings (SSSR count). The molecule has 0 radical (unpaired) electrons. The van der Waals surface area contributed by atoms with Crippen molar-refractivity contribution in [2.24, 2.45) is 11.7 Å². The Morgan fingerprint density at radius 2 is 1.92 bits per heavy atom. The number of benzene rings is 1. The Morgan fingerprint density at radius 3 is 2.50 bits per heavy atom. The highest BCUT2D eigenvalue weighted by atomic mass is 16.2. The third-order valence-corrected chi connectivity index (χ3v) is 4.69. The van der Waals surface area contributed by atoms with E-state index in [1.54, 1.807) is 12.1 Å². The van der Waals surface area contributed by atoms with Crippen LogP contribution in [0.3, 0.4) is 0 Å². The smallest absolute Gasteiger partial charge is 0.272 e. The van der Waals surface area contributed by atoms with Crippen LogP contribution in [-0.2, 0) is 0 Å². The summed E-state index contributed by atoms with van der Waals surface area (Å²) in [6.07, 6.45) is 2.30. The summed E-state index contributed by atoms with van der Waals surface area (Å²) in [6, 6.07) is 13.6. The topological polar surface area (TPSA) is 76.3 Å². The molecule has 1 saturated heterocycles. The number of carbonyl (C=O) groups excluding carboxylic acids is 2. The molecular weight excluding hydrogens is 302 g/mol. The standard InChI is InChI=1S/C19H21N3O2/c1-13-12-22(10-9-16(13)14-5-3-2-4-6-14)19(24)17-8-7-15(11-21-17)18(20)23/h2-8,11,13,16H,9-10,12H2,1H3,(H2,20,23). The minimum atomic E-state index is -0.543. The maximum Gasteiger partial charge on any atom is 0.272 e. The Kier molecular flexibility index (Phi) is 4.60. The highest BCUT2D eigenvalue weighted by molar-refractivity contribution is 5.95. The van der Waals surface area contributed by atoms with E-state index in [0.717, 1.165) is 6.42 Å². The predicted octanol–water partition coefficient (Wildman–Crippen LogP) is 2.45. The van der Waals surface area contributed by atoms with Gasteiger partial charge in [0.1, 0.15) is 5.69 Å². The number of hydrogen-bond acceptors (Lipinski definition) is 3. The lowest BCUT2D eigenvalue weighted by Crippen LogP contribution is -2.42. The summed E-state index contributed by atoms with van der Waals surface area (Å²) in [5.74, 6) is 0.221. The Hall–Kier alpha value is -2.69. The fourth-order valence-corrected chi connectivity index (χ4v) is 3.35. The summed E-state index contributed by atoms with van der Waals surface area (Å²) >= 11 is 0. The summed E-state index contributed by atoms with van der Waals surface area (Å²) in [6.45, 7) is 3.60. The SMILES string of the molecule is CC1CN(C(=O)c2ccc(C(N)=O)cn2)CCC1c1ccccc1. The molecule has 1 fully saturated rings. The third kappa shape index (κ3) is 3.30. The lowest BCUT2D eigenvalue weighted by atomic mass is 9.81. The second kappa shape index (κ2) is 6.83. The normalized spacial score (nSPS) is 20.6. The maximum absolute atomic E-state index is 12.6. The minimum Gasteiger partial charge on any atom is -0.366 e. The van der Waals surface area contributed by atoms with Gasteiger partial charge in [-0.2, -0.15) is 0 Å². The van der Waals surface area contributed by atoms with Crippen LogP contribution in [0.1, 0.15) is 45.7 Å². The monoisotopic (exact) mass is 323 g/mol. The second-order valence-electron chi connectivity index (χ2n) is 6.33. The highest BCUT2D eigenvalue weighted by Crippen LogP contribution is 2.32. The van der Waals surface area contributed by atoms with Crippen LogP contribution in [0.25, 0.3) is 0 Å². The van der Waals surface area contributed by atoms with Gasteiger partial charge in [-0.05, 0) is 36.0 Å². The minimum absolute atomic E-state index is 0.0932. The van der Waals surface area contributed by atoms with E-state index in [9.17, 15) is 9.59 Å². The van der Waals surface area contributed by atoms with E-state index in [0.29, 0.717) is 36.2 Å². The van der Waals surface area contributed by atoms with E-state index in [2.05, 4.69) is 36.2 Å². The summed E-state index contributed by atoms with van der Waals surface area (Å²) in [4.78, 5) is 29.6. The van der Waals surface area contributed by atoms with Gasteiger partial charge in [-0.3, -0.25) is 14.6 Å². The number of amides is 2. The van der Waals surface area contributed by atoms with Crippen LogP contribution in [0.5, 0.6) is 0 Å². The molecule has 5 heteroatoms. The van der Waals surface area contributed by atoms with Crippen molar-refractivity contribution in [3.05, 3.63) is 65.5 Å². The molecule has 0 saturated carbocycles. The first-order chi connectivity index (χ1) is 11.6. The molecule has 24 heavy (non-hydrogen) atoms. The van der Waals surface area contributed by atoms with Gasteiger partial charge in [0, 0.05) is 19.3 Å².